The van der Waals surface area contributed by atoms with Crippen molar-refractivity contribution in [1.29, 1.82) is 0 Å². The minimum absolute atomic E-state index is 0.0837. The second-order valence-corrected chi connectivity index (χ2v) is 8.48. The van der Waals surface area contributed by atoms with Gasteiger partial charge in [-0.25, -0.2) is 0 Å². The first-order chi connectivity index (χ1) is 13.2. The Balaban J connectivity index is 1.81. The predicted molar refractivity (Wildman–Crippen MR) is 114 cm³/mol. The summed E-state index contributed by atoms with van der Waals surface area (Å²) in [6.07, 6.45) is 0. The number of nitrogens with zero attached hydrogens (tertiary/aromatic N) is 4. The van der Waals surface area contributed by atoms with Crippen molar-refractivity contribution in [2.45, 2.75) is 46.2 Å². The highest BCUT2D eigenvalue weighted by atomic mass is 16.1. The van der Waals surface area contributed by atoms with Crippen LogP contribution in [-0.4, -0.2) is 58.6 Å². The molecule has 0 saturated carbocycles. The highest BCUT2D eigenvalue weighted by Gasteiger charge is 2.24. The number of benzene rings is 1. The molecule has 1 aromatic heterocycles. The maximum absolute atomic E-state index is 12.5. The van der Waals surface area contributed by atoms with Gasteiger partial charge in [-0.05, 0) is 52.3 Å². The Morgan fingerprint density at radius 2 is 1.79 bits per heavy atom. The standard InChI is InChI=1S/C22H31N5O/c1-15(2)26-9-11-27(12-10-26)19-13-16(3)20(25-24-19)17-7-6-8-18(14-17)21(28)22(4,5)23/h6-8,13-15H,9-12,23H2,1-5H3. The average molecular weight is 382 g/mol. The summed E-state index contributed by atoms with van der Waals surface area (Å²) in [6.45, 7) is 14.0. The van der Waals surface area contributed by atoms with Crippen molar-refractivity contribution in [1.82, 2.24) is 15.1 Å². The van der Waals surface area contributed by atoms with Gasteiger partial charge in [-0.3, -0.25) is 9.69 Å². The van der Waals surface area contributed by atoms with Crippen molar-refractivity contribution in [3.05, 3.63) is 41.5 Å². The van der Waals surface area contributed by atoms with Crippen LogP contribution in [0.25, 0.3) is 11.3 Å². The molecule has 0 aliphatic carbocycles. The van der Waals surface area contributed by atoms with E-state index in [4.69, 9.17) is 5.73 Å². The van der Waals surface area contributed by atoms with Crippen molar-refractivity contribution in [3.63, 3.8) is 0 Å². The van der Waals surface area contributed by atoms with Crippen LogP contribution < -0.4 is 10.6 Å². The first-order valence-corrected chi connectivity index (χ1v) is 9.94. The van der Waals surface area contributed by atoms with Gasteiger partial charge in [0.05, 0.1) is 11.2 Å². The lowest BCUT2D eigenvalue weighted by Gasteiger charge is -2.37. The summed E-state index contributed by atoms with van der Waals surface area (Å²) in [6, 6.07) is 10.1. The van der Waals surface area contributed by atoms with E-state index in [-0.39, 0.29) is 5.78 Å². The molecule has 2 N–H and O–H groups in total. The van der Waals surface area contributed by atoms with Crippen LogP contribution in [0.1, 0.15) is 43.6 Å². The largest absolute Gasteiger partial charge is 0.353 e. The molecule has 1 fully saturated rings. The van der Waals surface area contributed by atoms with Crippen LogP contribution in [0.5, 0.6) is 0 Å². The van der Waals surface area contributed by atoms with Crippen LogP contribution >= 0.6 is 0 Å². The number of hydrogen-bond acceptors (Lipinski definition) is 6. The fourth-order valence-corrected chi connectivity index (χ4v) is 3.56. The van der Waals surface area contributed by atoms with Crippen LogP contribution in [-0.2, 0) is 0 Å². The highest BCUT2D eigenvalue weighted by Crippen LogP contribution is 2.25. The molecular weight excluding hydrogens is 350 g/mol. The van der Waals surface area contributed by atoms with Crippen LogP contribution in [0.15, 0.2) is 30.3 Å². The molecule has 0 radical (unpaired) electrons. The Morgan fingerprint density at radius 3 is 2.36 bits per heavy atom. The van der Waals surface area contributed by atoms with E-state index < -0.39 is 5.54 Å². The molecule has 1 saturated heterocycles. The van der Waals surface area contributed by atoms with Crippen molar-refractivity contribution < 1.29 is 4.79 Å². The molecular formula is C22H31N5O. The van der Waals surface area contributed by atoms with Crippen LogP contribution in [0.2, 0.25) is 0 Å². The number of rotatable bonds is 5. The molecule has 0 bridgehead atoms. The molecule has 150 valence electrons. The van der Waals surface area contributed by atoms with E-state index in [1.165, 1.54) is 0 Å². The number of aryl methyl sites for hydroxylation is 1. The zero-order valence-electron chi connectivity index (χ0n) is 17.6. The SMILES string of the molecule is Cc1cc(N2CCN(C(C)C)CC2)nnc1-c1cccc(C(=O)C(C)(C)N)c1. The Bertz CT molecular complexity index is 848. The first-order valence-electron chi connectivity index (χ1n) is 9.94. The van der Waals surface area contributed by atoms with Gasteiger partial charge in [0.2, 0.25) is 0 Å². The van der Waals surface area contributed by atoms with Crippen molar-refractivity contribution in [2.75, 3.05) is 31.1 Å². The molecule has 28 heavy (non-hydrogen) atoms. The third kappa shape index (κ3) is 4.39. The quantitative estimate of drug-likeness (QED) is 0.803. The van der Waals surface area contributed by atoms with Crippen LogP contribution in [0.3, 0.4) is 0 Å². The summed E-state index contributed by atoms with van der Waals surface area (Å²) < 4.78 is 0. The normalized spacial score (nSPS) is 15.9. The fourth-order valence-electron chi connectivity index (χ4n) is 3.56. The number of aromatic nitrogens is 2. The number of Topliss-reactive ketones (excluding diaryl/α,β-unsaturated/α-hetero) is 1. The molecule has 0 unspecified atom stereocenters. The number of carbonyl (C=O) groups is 1. The van der Waals surface area contributed by atoms with Crippen molar-refractivity contribution in [3.8, 4) is 11.3 Å². The number of hydrogen-bond donors (Lipinski definition) is 1. The Hall–Kier alpha value is -2.31. The van der Waals surface area contributed by atoms with Gasteiger partial charge in [0.15, 0.2) is 11.6 Å². The Kier molecular flexibility index (Phi) is 5.82. The number of piperazine rings is 1. The van der Waals surface area contributed by atoms with Gasteiger partial charge in [-0.15, -0.1) is 10.2 Å². The first kappa shape index (κ1) is 20.4. The lowest BCUT2D eigenvalue weighted by atomic mass is 9.92. The van der Waals surface area contributed by atoms with Gasteiger partial charge in [-0.1, -0.05) is 18.2 Å². The smallest absolute Gasteiger partial charge is 0.182 e. The zero-order chi connectivity index (χ0) is 20.5. The molecule has 1 aromatic carbocycles. The topological polar surface area (TPSA) is 75.4 Å². The number of ketones is 1. The second kappa shape index (κ2) is 7.97. The molecule has 0 atom stereocenters. The monoisotopic (exact) mass is 381 g/mol. The molecule has 1 aliphatic rings. The van der Waals surface area contributed by atoms with Crippen LogP contribution in [0.4, 0.5) is 5.82 Å². The molecule has 1 aliphatic heterocycles. The van der Waals surface area contributed by atoms with E-state index in [2.05, 4.69) is 39.9 Å². The molecule has 0 amide bonds. The predicted octanol–water partition coefficient (Wildman–Crippen LogP) is 2.90. The minimum atomic E-state index is -0.901. The average Bonchev–Trinajstić information content (AvgIpc) is 2.66. The van der Waals surface area contributed by atoms with E-state index in [9.17, 15) is 4.79 Å². The van der Waals surface area contributed by atoms with E-state index in [1.807, 2.05) is 25.1 Å². The number of carbonyl (C=O) groups excluding carboxylic acids is 1. The van der Waals surface area contributed by atoms with E-state index in [0.29, 0.717) is 11.6 Å². The highest BCUT2D eigenvalue weighted by molar-refractivity contribution is 6.03. The molecule has 2 heterocycles. The van der Waals surface area contributed by atoms with E-state index in [1.54, 1.807) is 19.9 Å². The summed E-state index contributed by atoms with van der Waals surface area (Å²) in [5, 5.41) is 8.97. The summed E-state index contributed by atoms with van der Waals surface area (Å²) >= 11 is 0. The van der Waals surface area contributed by atoms with Gasteiger partial charge in [0, 0.05) is 43.3 Å². The maximum Gasteiger partial charge on any atom is 0.182 e. The summed E-state index contributed by atoms with van der Waals surface area (Å²) in [5.41, 5.74) is 8.40. The van der Waals surface area contributed by atoms with Gasteiger partial charge < -0.3 is 10.6 Å². The lowest BCUT2D eigenvalue weighted by Crippen LogP contribution is -2.49. The van der Waals surface area contributed by atoms with E-state index in [0.717, 1.165) is 48.8 Å². The van der Waals surface area contributed by atoms with Crippen LogP contribution in [0, 0.1) is 6.92 Å². The molecule has 0 spiro atoms. The summed E-state index contributed by atoms with van der Waals surface area (Å²) in [4.78, 5) is 17.3. The van der Waals surface area contributed by atoms with Gasteiger partial charge in [0.25, 0.3) is 0 Å². The molecule has 6 nitrogen and oxygen atoms in total. The second-order valence-electron chi connectivity index (χ2n) is 8.48. The third-order valence-electron chi connectivity index (χ3n) is 5.32. The maximum atomic E-state index is 12.5. The Morgan fingerprint density at radius 1 is 1.11 bits per heavy atom. The van der Waals surface area contributed by atoms with Crippen molar-refractivity contribution >= 4 is 11.6 Å². The summed E-state index contributed by atoms with van der Waals surface area (Å²) in [7, 11) is 0. The third-order valence-corrected chi connectivity index (χ3v) is 5.32. The van der Waals surface area contributed by atoms with Gasteiger partial charge in [0.1, 0.15) is 0 Å². The summed E-state index contributed by atoms with van der Waals surface area (Å²) in [5.74, 6) is 0.833. The van der Waals surface area contributed by atoms with E-state index >= 15 is 0 Å². The number of anilines is 1. The molecule has 3 rings (SSSR count). The molecule has 6 heteroatoms. The van der Waals surface area contributed by atoms with Crippen molar-refractivity contribution in [2.24, 2.45) is 5.73 Å². The van der Waals surface area contributed by atoms with Gasteiger partial charge in [-0.2, -0.15) is 0 Å². The number of nitrogens with two attached hydrogens (primary N) is 1. The molecule has 2 aromatic rings. The fraction of sp³-hybridized carbons (Fsp3) is 0.500. The lowest BCUT2D eigenvalue weighted by molar-refractivity contribution is 0.0913. The van der Waals surface area contributed by atoms with Gasteiger partial charge >= 0.3 is 0 Å². The minimum Gasteiger partial charge on any atom is -0.353 e. The zero-order valence-corrected chi connectivity index (χ0v) is 17.6. The Labute approximate surface area is 167 Å².